The van der Waals surface area contributed by atoms with Gasteiger partial charge in [-0.3, -0.25) is 9.97 Å². The Morgan fingerprint density at radius 2 is 1.19 bits per heavy atom. The Kier molecular flexibility index (Phi) is 6.71. The smallest absolute Gasteiger partial charge is 0.0970 e. The monoisotopic (exact) mass is 600 g/mol. The Labute approximate surface area is 274 Å². The van der Waals surface area contributed by atoms with Gasteiger partial charge in [0.15, 0.2) is 0 Å². The van der Waals surface area contributed by atoms with Gasteiger partial charge in [0.1, 0.15) is 0 Å². The summed E-state index contributed by atoms with van der Waals surface area (Å²) >= 11 is 0. The lowest BCUT2D eigenvalue weighted by Gasteiger charge is -2.19. The normalized spacial score (nSPS) is 13.0. The van der Waals surface area contributed by atoms with E-state index in [2.05, 4.69) is 138 Å². The minimum absolute atomic E-state index is 0.941. The zero-order valence-electron chi connectivity index (χ0n) is 26.0. The molecule has 0 bridgehead atoms. The third-order valence-electron chi connectivity index (χ3n) is 9.67. The van der Waals surface area contributed by atoms with Gasteiger partial charge in [-0.15, -0.1) is 0 Å². The summed E-state index contributed by atoms with van der Waals surface area (Å²) in [5.74, 6) is 0. The van der Waals surface area contributed by atoms with E-state index in [1.54, 1.807) is 0 Å². The van der Waals surface area contributed by atoms with Gasteiger partial charge in [-0.25, -0.2) is 0 Å². The SMILES string of the molecule is C1=C(c2cccc(-c3ccc(-c4cc5cccnc5c5ncccc45)cc3)c2)c2ccc3ccccc3c2-c2ccccc2CCC1. The summed E-state index contributed by atoms with van der Waals surface area (Å²) in [6.45, 7) is 0. The van der Waals surface area contributed by atoms with Gasteiger partial charge < -0.3 is 0 Å². The number of hydrogen-bond acceptors (Lipinski definition) is 2. The fourth-order valence-corrected chi connectivity index (χ4v) is 7.41. The highest BCUT2D eigenvalue weighted by molar-refractivity contribution is 6.10. The van der Waals surface area contributed by atoms with Gasteiger partial charge >= 0.3 is 0 Å². The average Bonchev–Trinajstić information content (AvgIpc) is 3.22. The van der Waals surface area contributed by atoms with E-state index in [0.717, 1.165) is 41.1 Å². The number of hydrogen-bond donors (Lipinski definition) is 0. The van der Waals surface area contributed by atoms with Crippen LogP contribution in [-0.2, 0) is 6.42 Å². The quantitative estimate of drug-likeness (QED) is 0.189. The molecule has 0 aliphatic heterocycles. The number of aryl methyl sites for hydroxylation is 1. The van der Waals surface area contributed by atoms with Crippen LogP contribution in [0.4, 0.5) is 0 Å². The van der Waals surface area contributed by atoms with Crippen LogP contribution in [0, 0.1) is 0 Å². The molecule has 1 aliphatic carbocycles. The summed E-state index contributed by atoms with van der Waals surface area (Å²) in [4.78, 5) is 9.34. The zero-order valence-corrected chi connectivity index (χ0v) is 26.0. The number of aromatic nitrogens is 2. The van der Waals surface area contributed by atoms with Crippen LogP contribution < -0.4 is 0 Å². The molecule has 6 aromatic carbocycles. The van der Waals surface area contributed by atoms with Gasteiger partial charge in [0.05, 0.1) is 11.0 Å². The zero-order chi connectivity index (χ0) is 31.2. The molecule has 0 saturated carbocycles. The van der Waals surface area contributed by atoms with Crippen molar-refractivity contribution in [3.8, 4) is 33.4 Å². The number of nitrogens with zero attached hydrogens (tertiary/aromatic N) is 2. The molecule has 0 spiro atoms. The molecule has 2 nitrogen and oxygen atoms in total. The van der Waals surface area contributed by atoms with Crippen molar-refractivity contribution < 1.29 is 0 Å². The maximum absolute atomic E-state index is 4.71. The van der Waals surface area contributed by atoms with E-state index in [1.165, 1.54) is 66.4 Å². The van der Waals surface area contributed by atoms with Crippen LogP contribution in [0.3, 0.4) is 0 Å². The Morgan fingerprint density at radius 3 is 2.13 bits per heavy atom. The third-order valence-corrected chi connectivity index (χ3v) is 9.67. The van der Waals surface area contributed by atoms with Crippen molar-refractivity contribution in [3.63, 3.8) is 0 Å². The van der Waals surface area contributed by atoms with E-state index < -0.39 is 0 Å². The summed E-state index contributed by atoms with van der Waals surface area (Å²) in [6.07, 6.45) is 9.40. The minimum Gasteiger partial charge on any atom is -0.254 e. The van der Waals surface area contributed by atoms with Crippen LogP contribution >= 0.6 is 0 Å². The maximum atomic E-state index is 4.71. The number of rotatable bonds is 3. The van der Waals surface area contributed by atoms with E-state index in [9.17, 15) is 0 Å². The summed E-state index contributed by atoms with van der Waals surface area (Å²) in [6, 6.07) is 51.0. The van der Waals surface area contributed by atoms with Crippen molar-refractivity contribution in [2.75, 3.05) is 0 Å². The predicted molar refractivity (Wildman–Crippen MR) is 197 cm³/mol. The van der Waals surface area contributed by atoms with Crippen molar-refractivity contribution in [3.05, 3.63) is 175 Å². The first-order valence-electron chi connectivity index (χ1n) is 16.5. The molecule has 8 aromatic rings. The summed E-state index contributed by atoms with van der Waals surface area (Å²) in [7, 11) is 0. The largest absolute Gasteiger partial charge is 0.254 e. The molecule has 0 atom stereocenters. The summed E-state index contributed by atoms with van der Waals surface area (Å²) < 4.78 is 0. The second-order valence-electron chi connectivity index (χ2n) is 12.4. The van der Waals surface area contributed by atoms with Crippen molar-refractivity contribution in [2.24, 2.45) is 0 Å². The number of allylic oxidation sites excluding steroid dienone is 1. The van der Waals surface area contributed by atoms with E-state index in [-0.39, 0.29) is 0 Å². The third kappa shape index (κ3) is 4.81. The summed E-state index contributed by atoms with van der Waals surface area (Å²) in [5, 5.41) is 4.81. The standard InChI is InChI=1S/C45H32N2/c1-4-16-37(40-25-24-32-12-3-6-18-39(32)43(40)38-17-5-2-11-31(38)10-1)35-14-7-13-34(28-35)30-20-22-33(23-21-30)42-29-36-15-8-26-46-44(36)45-41(42)19-9-27-47-45/h2-3,5-9,11-29H,1,4,10H2. The van der Waals surface area contributed by atoms with Crippen LogP contribution in [-0.4, -0.2) is 9.97 Å². The topological polar surface area (TPSA) is 25.8 Å². The maximum Gasteiger partial charge on any atom is 0.0970 e. The van der Waals surface area contributed by atoms with Crippen LogP contribution in [0.25, 0.3) is 71.5 Å². The molecule has 1 aliphatic rings. The molecule has 0 N–H and O–H groups in total. The molecule has 0 saturated heterocycles. The molecular formula is C45H32N2. The molecule has 2 heterocycles. The lowest BCUT2D eigenvalue weighted by atomic mass is 9.85. The Hall–Kier alpha value is -5.86. The number of pyridine rings is 2. The second kappa shape index (κ2) is 11.5. The molecular weight excluding hydrogens is 569 g/mol. The first kappa shape index (κ1) is 27.5. The Balaban J connectivity index is 1.14. The van der Waals surface area contributed by atoms with Crippen molar-refractivity contribution >= 4 is 38.2 Å². The molecule has 2 aromatic heterocycles. The van der Waals surface area contributed by atoms with Gasteiger partial charge in [-0.2, -0.15) is 0 Å². The second-order valence-corrected chi connectivity index (χ2v) is 12.4. The Morgan fingerprint density at radius 1 is 0.447 bits per heavy atom. The summed E-state index contributed by atoms with van der Waals surface area (Å²) in [5.41, 5.74) is 14.6. The van der Waals surface area contributed by atoms with Gasteiger partial charge in [-0.05, 0) is 110 Å². The van der Waals surface area contributed by atoms with Crippen molar-refractivity contribution in [1.82, 2.24) is 9.97 Å². The molecule has 2 heteroatoms. The first-order valence-corrected chi connectivity index (χ1v) is 16.5. The molecule has 0 fully saturated rings. The predicted octanol–water partition coefficient (Wildman–Crippen LogP) is 11.7. The van der Waals surface area contributed by atoms with Crippen LogP contribution in [0.5, 0.6) is 0 Å². The number of benzene rings is 6. The molecule has 0 radical (unpaired) electrons. The number of fused-ring (bicyclic) bond motifs is 8. The molecule has 222 valence electrons. The van der Waals surface area contributed by atoms with E-state index >= 15 is 0 Å². The molecule has 47 heavy (non-hydrogen) atoms. The van der Waals surface area contributed by atoms with Crippen LogP contribution in [0.1, 0.15) is 29.5 Å². The van der Waals surface area contributed by atoms with E-state index in [4.69, 9.17) is 4.98 Å². The van der Waals surface area contributed by atoms with Crippen molar-refractivity contribution in [1.29, 1.82) is 0 Å². The highest BCUT2D eigenvalue weighted by Crippen LogP contribution is 2.42. The van der Waals surface area contributed by atoms with E-state index in [0.29, 0.717) is 0 Å². The van der Waals surface area contributed by atoms with Gasteiger partial charge in [0.2, 0.25) is 0 Å². The molecule has 0 unspecified atom stereocenters. The highest BCUT2D eigenvalue weighted by atomic mass is 14.7. The van der Waals surface area contributed by atoms with Crippen LogP contribution in [0.15, 0.2) is 158 Å². The fraction of sp³-hybridized carbons (Fsp3) is 0.0667. The van der Waals surface area contributed by atoms with Gasteiger partial charge in [0.25, 0.3) is 0 Å². The van der Waals surface area contributed by atoms with E-state index in [1.807, 2.05) is 24.5 Å². The Bertz CT molecular complexity index is 2490. The lowest BCUT2D eigenvalue weighted by Crippen LogP contribution is -1.96. The lowest BCUT2D eigenvalue weighted by molar-refractivity contribution is 0.846. The van der Waals surface area contributed by atoms with Crippen LogP contribution in [0.2, 0.25) is 0 Å². The van der Waals surface area contributed by atoms with Gasteiger partial charge in [-0.1, -0.05) is 121 Å². The molecule has 9 rings (SSSR count). The minimum atomic E-state index is 0.941. The first-order chi connectivity index (χ1) is 23.3. The van der Waals surface area contributed by atoms with Crippen molar-refractivity contribution in [2.45, 2.75) is 19.3 Å². The van der Waals surface area contributed by atoms with Gasteiger partial charge in [0, 0.05) is 23.2 Å². The average molecular weight is 601 g/mol. The highest BCUT2D eigenvalue weighted by Gasteiger charge is 2.19. The fourth-order valence-electron chi connectivity index (χ4n) is 7.41. The molecule has 0 amide bonds.